The summed E-state index contributed by atoms with van der Waals surface area (Å²) in [7, 11) is 0. The lowest BCUT2D eigenvalue weighted by molar-refractivity contribution is 0.298. The third-order valence-electron chi connectivity index (χ3n) is 3.91. The van der Waals surface area contributed by atoms with Gasteiger partial charge in [-0.25, -0.2) is 4.98 Å². The van der Waals surface area contributed by atoms with Crippen molar-refractivity contribution < 1.29 is 4.74 Å². The quantitative estimate of drug-likeness (QED) is 0.590. The van der Waals surface area contributed by atoms with E-state index in [0.717, 1.165) is 21.4 Å². The molecule has 22 heavy (non-hydrogen) atoms. The number of imidazole rings is 1. The van der Waals surface area contributed by atoms with Crippen LogP contribution < -0.4 is 4.74 Å². The van der Waals surface area contributed by atoms with Crippen molar-refractivity contribution in [2.45, 2.75) is 27.3 Å². The second-order valence-electron chi connectivity index (χ2n) is 5.65. The summed E-state index contributed by atoms with van der Waals surface area (Å²) in [5.41, 5.74) is 6.05. The minimum Gasteiger partial charge on any atom is -0.491 e. The maximum atomic E-state index is 5.91. The summed E-state index contributed by atoms with van der Waals surface area (Å²) in [6.45, 7) is 7.78. The molecule has 0 amide bonds. The van der Waals surface area contributed by atoms with Gasteiger partial charge in [0.2, 0.25) is 0 Å². The Bertz CT molecular complexity index is 823. The van der Waals surface area contributed by atoms with E-state index in [2.05, 4.69) is 77.2 Å². The predicted molar refractivity (Wildman–Crippen MR) is 98.6 cm³/mol. The Balaban J connectivity index is 1.73. The van der Waals surface area contributed by atoms with Gasteiger partial charge in [-0.2, -0.15) is 0 Å². The molecule has 0 saturated carbocycles. The summed E-state index contributed by atoms with van der Waals surface area (Å²) in [6, 6.07) is 10.6. The van der Waals surface area contributed by atoms with E-state index in [4.69, 9.17) is 4.74 Å². The Kier molecular flexibility index (Phi) is 4.38. The molecule has 0 spiro atoms. The third kappa shape index (κ3) is 3.11. The highest BCUT2D eigenvalue weighted by Crippen LogP contribution is 2.22. The van der Waals surface area contributed by atoms with Crippen molar-refractivity contribution in [1.82, 2.24) is 9.55 Å². The molecule has 0 N–H and O–H groups in total. The number of ether oxygens (including phenoxy) is 1. The molecule has 1 heterocycles. The Morgan fingerprint density at radius 3 is 2.64 bits per heavy atom. The molecule has 0 bridgehead atoms. The number of benzene rings is 2. The van der Waals surface area contributed by atoms with Crippen LogP contribution in [0.3, 0.4) is 0 Å². The Morgan fingerprint density at radius 2 is 1.86 bits per heavy atom. The van der Waals surface area contributed by atoms with Gasteiger partial charge in [0, 0.05) is 0 Å². The average Bonchev–Trinajstić information content (AvgIpc) is 2.84. The van der Waals surface area contributed by atoms with Crippen molar-refractivity contribution in [3.05, 3.63) is 56.9 Å². The van der Waals surface area contributed by atoms with E-state index >= 15 is 0 Å². The third-order valence-corrected chi connectivity index (χ3v) is 4.76. The lowest BCUT2D eigenvalue weighted by Crippen LogP contribution is -2.08. The smallest absolute Gasteiger partial charge is 0.132 e. The minimum atomic E-state index is 0.636. The first kappa shape index (κ1) is 15.3. The molecule has 0 saturated heterocycles. The average molecular weight is 406 g/mol. The summed E-state index contributed by atoms with van der Waals surface area (Å²) in [4.78, 5) is 4.48. The van der Waals surface area contributed by atoms with Gasteiger partial charge in [0.1, 0.15) is 12.4 Å². The molecule has 0 aliphatic carbocycles. The number of hydrogen-bond donors (Lipinski definition) is 0. The SMILES string of the molecule is Cc1ccc(OCCn2cnc3cc(C)c(C)cc32)c(I)c1. The summed E-state index contributed by atoms with van der Waals surface area (Å²) in [5, 5.41) is 0. The monoisotopic (exact) mass is 406 g/mol. The fraction of sp³-hybridized carbons (Fsp3) is 0.278. The number of fused-ring (bicyclic) bond motifs is 1. The summed E-state index contributed by atoms with van der Waals surface area (Å²) in [5.74, 6) is 0.947. The molecule has 4 heteroatoms. The lowest BCUT2D eigenvalue weighted by atomic mass is 10.1. The summed E-state index contributed by atoms with van der Waals surface area (Å²) in [6.07, 6.45) is 1.90. The van der Waals surface area contributed by atoms with Crippen LogP contribution in [0.4, 0.5) is 0 Å². The molecule has 3 rings (SSSR count). The number of hydrogen-bond acceptors (Lipinski definition) is 2. The van der Waals surface area contributed by atoms with Gasteiger partial charge in [0.25, 0.3) is 0 Å². The van der Waals surface area contributed by atoms with Gasteiger partial charge in [0.05, 0.1) is 27.5 Å². The van der Waals surface area contributed by atoms with Gasteiger partial charge < -0.3 is 9.30 Å². The number of aromatic nitrogens is 2. The molecule has 0 atom stereocenters. The maximum absolute atomic E-state index is 5.91. The highest BCUT2D eigenvalue weighted by atomic mass is 127. The van der Waals surface area contributed by atoms with E-state index in [9.17, 15) is 0 Å². The van der Waals surface area contributed by atoms with E-state index in [0.29, 0.717) is 6.61 Å². The van der Waals surface area contributed by atoms with Crippen LogP contribution in [0.25, 0.3) is 11.0 Å². The maximum Gasteiger partial charge on any atom is 0.132 e. The van der Waals surface area contributed by atoms with Gasteiger partial charge in [0.15, 0.2) is 0 Å². The summed E-state index contributed by atoms with van der Waals surface area (Å²) >= 11 is 2.32. The molecule has 0 aliphatic heterocycles. The first-order chi connectivity index (χ1) is 10.5. The van der Waals surface area contributed by atoms with Gasteiger partial charge in [-0.3, -0.25) is 0 Å². The van der Waals surface area contributed by atoms with Crippen LogP contribution in [0.5, 0.6) is 5.75 Å². The van der Waals surface area contributed by atoms with Crippen LogP contribution in [0.1, 0.15) is 16.7 Å². The highest BCUT2D eigenvalue weighted by molar-refractivity contribution is 14.1. The fourth-order valence-electron chi connectivity index (χ4n) is 2.47. The molecular formula is C18H19IN2O. The zero-order valence-electron chi connectivity index (χ0n) is 13.1. The normalized spacial score (nSPS) is 11.1. The van der Waals surface area contributed by atoms with Crippen molar-refractivity contribution in [1.29, 1.82) is 0 Å². The molecule has 2 aromatic carbocycles. The molecule has 0 fully saturated rings. The largest absolute Gasteiger partial charge is 0.491 e. The lowest BCUT2D eigenvalue weighted by Gasteiger charge is -2.10. The van der Waals surface area contributed by atoms with E-state index in [-0.39, 0.29) is 0 Å². The topological polar surface area (TPSA) is 27.1 Å². The van der Waals surface area contributed by atoms with E-state index in [1.54, 1.807) is 0 Å². The molecule has 0 radical (unpaired) electrons. The van der Waals surface area contributed by atoms with Crippen molar-refractivity contribution in [2.24, 2.45) is 0 Å². The molecule has 114 valence electrons. The van der Waals surface area contributed by atoms with Crippen LogP contribution in [-0.4, -0.2) is 16.2 Å². The Hall–Kier alpha value is -1.56. The van der Waals surface area contributed by atoms with Gasteiger partial charge in [-0.05, 0) is 84.3 Å². The van der Waals surface area contributed by atoms with Crippen molar-refractivity contribution >= 4 is 33.6 Å². The first-order valence-electron chi connectivity index (χ1n) is 7.35. The standard InChI is InChI=1S/C18H19IN2O/c1-12-4-5-18(15(19)8-12)22-7-6-21-11-20-16-9-13(2)14(3)10-17(16)21/h4-5,8-11H,6-7H2,1-3H3. The summed E-state index contributed by atoms with van der Waals surface area (Å²) < 4.78 is 9.22. The molecule has 0 unspecified atom stereocenters. The number of halogens is 1. The molecular weight excluding hydrogens is 387 g/mol. The molecule has 3 aromatic rings. The fourth-order valence-corrected chi connectivity index (χ4v) is 3.30. The van der Waals surface area contributed by atoms with Crippen LogP contribution in [0.15, 0.2) is 36.7 Å². The van der Waals surface area contributed by atoms with E-state index in [1.807, 2.05) is 12.4 Å². The van der Waals surface area contributed by atoms with Crippen LogP contribution in [0, 0.1) is 24.3 Å². The van der Waals surface area contributed by atoms with Crippen molar-refractivity contribution in [3.63, 3.8) is 0 Å². The second kappa shape index (κ2) is 6.28. The minimum absolute atomic E-state index is 0.636. The Labute approximate surface area is 144 Å². The van der Waals surface area contributed by atoms with Gasteiger partial charge in [-0.15, -0.1) is 0 Å². The van der Waals surface area contributed by atoms with Crippen molar-refractivity contribution in [3.8, 4) is 5.75 Å². The number of nitrogens with zero attached hydrogens (tertiary/aromatic N) is 2. The van der Waals surface area contributed by atoms with E-state index in [1.165, 1.54) is 22.2 Å². The number of aryl methyl sites for hydroxylation is 3. The highest BCUT2D eigenvalue weighted by Gasteiger charge is 2.06. The van der Waals surface area contributed by atoms with Crippen molar-refractivity contribution in [2.75, 3.05) is 6.61 Å². The molecule has 3 nitrogen and oxygen atoms in total. The number of rotatable bonds is 4. The predicted octanol–water partition coefficient (Wildman–Crippen LogP) is 4.65. The Morgan fingerprint density at radius 1 is 1.09 bits per heavy atom. The second-order valence-corrected chi connectivity index (χ2v) is 6.81. The van der Waals surface area contributed by atoms with E-state index < -0.39 is 0 Å². The van der Waals surface area contributed by atoms with Crippen LogP contribution >= 0.6 is 22.6 Å². The molecule has 1 aromatic heterocycles. The first-order valence-corrected chi connectivity index (χ1v) is 8.43. The van der Waals surface area contributed by atoms with Gasteiger partial charge >= 0.3 is 0 Å². The van der Waals surface area contributed by atoms with Gasteiger partial charge in [-0.1, -0.05) is 6.07 Å². The zero-order valence-corrected chi connectivity index (χ0v) is 15.2. The van der Waals surface area contributed by atoms with Crippen LogP contribution in [-0.2, 0) is 6.54 Å². The zero-order chi connectivity index (χ0) is 15.7. The van der Waals surface area contributed by atoms with Crippen LogP contribution in [0.2, 0.25) is 0 Å². The molecule has 0 aliphatic rings.